The van der Waals surface area contributed by atoms with Crippen molar-refractivity contribution in [3.8, 4) is 0 Å². The van der Waals surface area contributed by atoms with E-state index >= 15 is 0 Å². The molecule has 5 nitrogen and oxygen atoms in total. The fourth-order valence-electron chi connectivity index (χ4n) is 1.31. The van der Waals surface area contributed by atoms with Crippen molar-refractivity contribution in [1.82, 2.24) is 10.6 Å². The van der Waals surface area contributed by atoms with Crippen LogP contribution in [0.5, 0.6) is 0 Å². The fraction of sp³-hybridized carbons (Fsp3) is 0.833. The van der Waals surface area contributed by atoms with Crippen LogP contribution < -0.4 is 10.6 Å². The molecule has 0 aliphatic heterocycles. The fourth-order valence-corrected chi connectivity index (χ4v) is 1.31. The molecular weight excluding hydrogens is 220 g/mol. The van der Waals surface area contributed by atoms with Gasteiger partial charge in [-0.2, -0.15) is 0 Å². The van der Waals surface area contributed by atoms with Crippen LogP contribution in [0.15, 0.2) is 0 Å². The molecule has 17 heavy (non-hydrogen) atoms. The van der Waals surface area contributed by atoms with Gasteiger partial charge >= 0.3 is 12.0 Å². The zero-order valence-electron chi connectivity index (χ0n) is 11.1. The van der Waals surface area contributed by atoms with Crippen molar-refractivity contribution in [1.29, 1.82) is 0 Å². The standard InChI is InChI=1S/C12H24N2O3/c1-8(2)6-5-7-13-12(17)14-10(4)9(3)11(15)16/h8-10H,5-7H2,1-4H3,(H,15,16)(H2,13,14,17). The van der Waals surface area contributed by atoms with E-state index in [4.69, 9.17) is 5.11 Å². The van der Waals surface area contributed by atoms with Crippen molar-refractivity contribution in [3.63, 3.8) is 0 Å². The monoisotopic (exact) mass is 244 g/mol. The number of amides is 2. The summed E-state index contributed by atoms with van der Waals surface area (Å²) < 4.78 is 0. The summed E-state index contributed by atoms with van der Waals surface area (Å²) in [5.74, 6) is -0.861. The highest BCUT2D eigenvalue weighted by Crippen LogP contribution is 2.03. The number of aliphatic carboxylic acids is 1. The summed E-state index contributed by atoms with van der Waals surface area (Å²) in [5.41, 5.74) is 0. The van der Waals surface area contributed by atoms with E-state index in [-0.39, 0.29) is 12.1 Å². The van der Waals surface area contributed by atoms with Crippen molar-refractivity contribution >= 4 is 12.0 Å². The van der Waals surface area contributed by atoms with E-state index < -0.39 is 11.9 Å². The smallest absolute Gasteiger partial charge is 0.315 e. The molecule has 0 bridgehead atoms. The lowest BCUT2D eigenvalue weighted by Crippen LogP contribution is -2.45. The second-order valence-electron chi connectivity index (χ2n) is 4.85. The molecular formula is C12H24N2O3. The molecule has 5 heteroatoms. The van der Waals surface area contributed by atoms with Gasteiger partial charge in [-0.15, -0.1) is 0 Å². The molecule has 0 radical (unpaired) electrons. The van der Waals surface area contributed by atoms with Gasteiger partial charge < -0.3 is 15.7 Å². The van der Waals surface area contributed by atoms with Crippen LogP contribution in [0.4, 0.5) is 4.79 Å². The Hall–Kier alpha value is -1.26. The minimum Gasteiger partial charge on any atom is -0.481 e. The van der Waals surface area contributed by atoms with E-state index in [1.807, 2.05) is 0 Å². The van der Waals surface area contributed by atoms with Crippen LogP contribution in [-0.4, -0.2) is 29.7 Å². The number of hydrogen-bond donors (Lipinski definition) is 3. The van der Waals surface area contributed by atoms with Gasteiger partial charge in [-0.25, -0.2) is 4.79 Å². The van der Waals surface area contributed by atoms with Gasteiger partial charge in [0.05, 0.1) is 5.92 Å². The number of carbonyl (C=O) groups is 2. The molecule has 0 aromatic heterocycles. The lowest BCUT2D eigenvalue weighted by atomic mass is 10.0. The van der Waals surface area contributed by atoms with Gasteiger partial charge in [-0.05, 0) is 32.6 Å². The molecule has 2 unspecified atom stereocenters. The quantitative estimate of drug-likeness (QED) is 0.598. The topological polar surface area (TPSA) is 78.4 Å². The molecule has 100 valence electrons. The minimum absolute atomic E-state index is 0.297. The van der Waals surface area contributed by atoms with E-state index in [1.54, 1.807) is 13.8 Å². The van der Waals surface area contributed by atoms with E-state index in [0.29, 0.717) is 12.5 Å². The maximum atomic E-state index is 11.4. The maximum Gasteiger partial charge on any atom is 0.315 e. The predicted molar refractivity (Wildman–Crippen MR) is 66.9 cm³/mol. The molecule has 0 aliphatic rings. The van der Waals surface area contributed by atoms with Crippen LogP contribution in [0, 0.1) is 11.8 Å². The molecule has 0 aromatic rings. The summed E-state index contributed by atoms with van der Waals surface area (Å²) in [6, 6.07) is -0.674. The van der Waals surface area contributed by atoms with Gasteiger partial charge in [0.2, 0.25) is 0 Å². The van der Waals surface area contributed by atoms with Crippen LogP contribution >= 0.6 is 0 Å². The maximum absolute atomic E-state index is 11.4. The second kappa shape index (κ2) is 7.92. The third-order valence-corrected chi connectivity index (χ3v) is 2.74. The molecule has 0 saturated heterocycles. The summed E-state index contributed by atoms with van der Waals surface area (Å²) in [5, 5.41) is 14.1. The third-order valence-electron chi connectivity index (χ3n) is 2.74. The number of urea groups is 1. The average molecular weight is 244 g/mol. The lowest BCUT2D eigenvalue weighted by Gasteiger charge is -2.18. The normalized spacial score (nSPS) is 14.2. The largest absolute Gasteiger partial charge is 0.481 e. The number of nitrogens with one attached hydrogen (secondary N) is 2. The van der Waals surface area contributed by atoms with Crippen LogP contribution in [0.25, 0.3) is 0 Å². The van der Waals surface area contributed by atoms with Crippen molar-refractivity contribution < 1.29 is 14.7 Å². The van der Waals surface area contributed by atoms with Gasteiger partial charge in [0, 0.05) is 12.6 Å². The number of rotatable bonds is 7. The Morgan fingerprint density at radius 2 is 1.76 bits per heavy atom. The van der Waals surface area contributed by atoms with Gasteiger partial charge in [-0.3, -0.25) is 4.79 Å². The van der Waals surface area contributed by atoms with Gasteiger partial charge in [-0.1, -0.05) is 13.8 Å². The first-order valence-corrected chi connectivity index (χ1v) is 6.11. The summed E-state index contributed by atoms with van der Waals surface area (Å²) >= 11 is 0. The molecule has 3 N–H and O–H groups in total. The second-order valence-corrected chi connectivity index (χ2v) is 4.85. The van der Waals surface area contributed by atoms with Crippen LogP contribution in [0.2, 0.25) is 0 Å². The van der Waals surface area contributed by atoms with E-state index in [0.717, 1.165) is 12.8 Å². The SMILES string of the molecule is CC(C)CCCNC(=O)NC(C)C(C)C(=O)O. The zero-order chi connectivity index (χ0) is 13.4. The van der Waals surface area contributed by atoms with Crippen molar-refractivity contribution in [2.75, 3.05) is 6.54 Å². The highest BCUT2D eigenvalue weighted by Gasteiger charge is 2.20. The van der Waals surface area contributed by atoms with Crippen molar-refractivity contribution in [3.05, 3.63) is 0 Å². The molecule has 2 amide bonds. The minimum atomic E-state index is -0.905. The lowest BCUT2D eigenvalue weighted by molar-refractivity contribution is -0.141. The first-order chi connectivity index (χ1) is 7.84. The molecule has 0 spiro atoms. The summed E-state index contributed by atoms with van der Waals surface area (Å²) in [4.78, 5) is 22.1. The van der Waals surface area contributed by atoms with Gasteiger partial charge in [0.15, 0.2) is 0 Å². The Balaban J connectivity index is 3.75. The van der Waals surface area contributed by atoms with Crippen molar-refractivity contribution in [2.45, 2.75) is 46.6 Å². The number of hydrogen-bond acceptors (Lipinski definition) is 2. The molecule has 2 atom stereocenters. The Kier molecular flexibility index (Phi) is 7.34. The Morgan fingerprint density at radius 1 is 1.18 bits per heavy atom. The number of carboxylic acid groups (broad SMARTS) is 1. The molecule has 0 saturated carbocycles. The van der Waals surface area contributed by atoms with Gasteiger partial charge in [0.25, 0.3) is 0 Å². The molecule has 0 rings (SSSR count). The van der Waals surface area contributed by atoms with Crippen LogP contribution in [0.1, 0.15) is 40.5 Å². The summed E-state index contributed by atoms with van der Waals surface area (Å²) in [6.07, 6.45) is 2.01. The van der Waals surface area contributed by atoms with Crippen LogP contribution in [0.3, 0.4) is 0 Å². The Bertz CT molecular complexity index is 254. The average Bonchev–Trinajstić information content (AvgIpc) is 2.22. The van der Waals surface area contributed by atoms with E-state index in [1.165, 1.54) is 0 Å². The van der Waals surface area contributed by atoms with Gasteiger partial charge in [0.1, 0.15) is 0 Å². The van der Waals surface area contributed by atoms with E-state index in [9.17, 15) is 9.59 Å². The van der Waals surface area contributed by atoms with Crippen LogP contribution in [-0.2, 0) is 4.79 Å². The predicted octanol–water partition coefficient (Wildman–Crippen LogP) is 1.83. The van der Waals surface area contributed by atoms with Crippen molar-refractivity contribution in [2.24, 2.45) is 11.8 Å². The Labute approximate surface area is 103 Å². The summed E-state index contributed by atoms with van der Waals surface area (Å²) in [7, 11) is 0. The number of carbonyl (C=O) groups excluding carboxylic acids is 1. The molecule has 0 fully saturated rings. The first kappa shape index (κ1) is 15.7. The number of carboxylic acids is 1. The molecule has 0 aliphatic carbocycles. The van der Waals surface area contributed by atoms with E-state index in [2.05, 4.69) is 24.5 Å². The highest BCUT2D eigenvalue weighted by atomic mass is 16.4. The highest BCUT2D eigenvalue weighted by molar-refractivity contribution is 5.76. The molecule has 0 heterocycles. The molecule has 0 aromatic carbocycles. The first-order valence-electron chi connectivity index (χ1n) is 6.11. The zero-order valence-corrected chi connectivity index (χ0v) is 11.1. The Morgan fingerprint density at radius 3 is 2.24 bits per heavy atom. The summed E-state index contributed by atoms with van der Waals surface area (Å²) in [6.45, 7) is 8.16. The third kappa shape index (κ3) is 7.60.